The Morgan fingerprint density at radius 3 is 2.71 bits per heavy atom. The number of aromatic nitrogens is 2. The highest BCUT2D eigenvalue weighted by molar-refractivity contribution is 7.99. The number of methoxy groups -OCH3 is 1. The minimum absolute atomic E-state index is 0.211. The van der Waals surface area contributed by atoms with Crippen molar-refractivity contribution in [2.24, 2.45) is 0 Å². The number of nitrogens with zero attached hydrogens (tertiary/aromatic N) is 2. The van der Waals surface area contributed by atoms with Crippen molar-refractivity contribution in [3.63, 3.8) is 0 Å². The summed E-state index contributed by atoms with van der Waals surface area (Å²) in [5.74, 6) is -0.483. The van der Waals surface area contributed by atoms with E-state index >= 15 is 0 Å². The minimum atomic E-state index is -0.483. The maximum absolute atomic E-state index is 11.5. The lowest BCUT2D eigenvalue weighted by Crippen LogP contribution is -2.05. The van der Waals surface area contributed by atoms with Crippen LogP contribution in [0, 0.1) is 0 Å². The number of ether oxygens (including phenoxy) is 1. The summed E-state index contributed by atoms with van der Waals surface area (Å²) in [6, 6.07) is 14.3. The number of carbonyl (C=O) groups excluding carboxylic acids is 1. The van der Waals surface area contributed by atoms with Crippen molar-refractivity contribution < 1.29 is 9.53 Å². The third-order valence-electron chi connectivity index (χ3n) is 2.95. The Bertz CT molecular complexity index is 805. The van der Waals surface area contributed by atoms with Crippen LogP contribution in [0.5, 0.6) is 0 Å². The monoisotopic (exact) mass is 296 g/mol. The van der Waals surface area contributed by atoms with Crippen molar-refractivity contribution in [3.8, 4) is 0 Å². The molecule has 0 fully saturated rings. The third-order valence-corrected chi connectivity index (χ3v) is 3.85. The average molecular weight is 296 g/mol. The van der Waals surface area contributed by atoms with Crippen molar-refractivity contribution in [3.05, 3.63) is 60.6 Å². The maximum Gasteiger partial charge on any atom is 0.358 e. The van der Waals surface area contributed by atoms with Gasteiger partial charge in [0.2, 0.25) is 0 Å². The van der Waals surface area contributed by atoms with Gasteiger partial charge in [-0.15, -0.1) is 0 Å². The Kier molecular flexibility index (Phi) is 3.83. The molecule has 0 amide bonds. The summed E-state index contributed by atoms with van der Waals surface area (Å²) >= 11 is 1.46. The molecule has 0 radical (unpaired) electrons. The first kappa shape index (κ1) is 13.6. The van der Waals surface area contributed by atoms with Gasteiger partial charge in [-0.2, -0.15) is 0 Å². The van der Waals surface area contributed by atoms with Crippen LogP contribution >= 0.6 is 11.8 Å². The molecule has 1 heterocycles. The van der Waals surface area contributed by atoms with E-state index in [1.165, 1.54) is 35.8 Å². The van der Waals surface area contributed by atoms with Crippen molar-refractivity contribution in [2.45, 2.75) is 9.92 Å². The number of hydrogen-bond acceptors (Lipinski definition) is 5. The summed E-state index contributed by atoms with van der Waals surface area (Å²) < 4.78 is 4.65. The fourth-order valence-electron chi connectivity index (χ4n) is 1.95. The van der Waals surface area contributed by atoms with Crippen LogP contribution in [0.15, 0.2) is 64.8 Å². The van der Waals surface area contributed by atoms with Crippen molar-refractivity contribution in [1.82, 2.24) is 9.97 Å². The molecule has 5 heteroatoms. The molecule has 0 unspecified atom stereocenters. The fourth-order valence-corrected chi connectivity index (χ4v) is 2.77. The quantitative estimate of drug-likeness (QED) is 0.692. The summed E-state index contributed by atoms with van der Waals surface area (Å²) in [5, 5.41) is 3.02. The molecule has 0 spiro atoms. The Morgan fingerprint density at radius 1 is 1.10 bits per heavy atom. The molecule has 3 aromatic rings. The SMILES string of the molecule is COC(=O)c1cncc(Sc2ccc3ccccc3c2)n1. The molecule has 2 aromatic carbocycles. The van der Waals surface area contributed by atoms with Gasteiger partial charge < -0.3 is 4.74 Å². The zero-order valence-electron chi connectivity index (χ0n) is 11.3. The molecule has 0 aliphatic rings. The van der Waals surface area contributed by atoms with Crippen molar-refractivity contribution in [1.29, 1.82) is 0 Å². The summed E-state index contributed by atoms with van der Waals surface area (Å²) in [6.07, 6.45) is 3.03. The second-order valence-electron chi connectivity index (χ2n) is 4.35. The largest absolute Gasteiger partial charge is 0.464 e. The van der Waals surface area contributed by atoms with Gasteiger partial charge in [-0.05, 0) is 22.9 Å². The lowest BCUT2D eigenvalue weighted by atomic mass is 10.1. The number of carbonyl (C=O) groups is 1. The van der Waals surface area contributed by atoms with E-state index in [-0.39, 0.29) is 5.69 Å². The molecular formula is C16H12N2O2S. The van der Waals surface area contributed by atoms with E-state index in [1.807, 2.05) is 18.2 Å². The summed E-state index contributed by atoms with van der Waals surface area (Å²) in [4.78, 5) is 20.8. The molecular weight excluding hydrogens is 284 g/mol. The van der Waals surface area contributed by atoms with E-state index in [0.717, 1.165) is 4.90 Å². The summed E-state index contributed by atoms with van der Waals surface area (Å²) in [5.41, 5.74) is 0.211. The first-order chi connectivity index (χ1) is 10.3. The Morgan fingerprint density at radius 2 is 1.90 bits per heavy atom. The van der Waals surface area contributed by atoms with Gasteiger partial charge in [0.15, 0.2) is 5.69 Å². The molecule has 3 rings (SSSR count). The highest BCUT2D eigenvalue weighted by Crippen LogP contribution is 2.28. The number of esters is 1. The number of rotatable bonds is 3. The number of hydrogen-bond donors (Lipinski definition) is 0. The first-order valence-corrected chi connectivity index (χ1v) is 7.15. The van der Waals surface area contributed by atoms with Crippen molar-refractivity contribution >= 4 is 28.5 Å². The lowest BCUT2D eigenvalue weighted by molar-refractivity contribution is 0.0592. The standard InChI is InChI=1S/C16H12N2O2S/c1-20-16(19)14-9-17-10-15(18-14)21-13-7-6-11-4-2-3-5-12(11)8-13/h2-10H,1H3. The smallest absolute Gasteiger partial charge is 0.358 e. The second-order valence-corrected chi connectivity index (χ2v) is 5.44. The molecule has 0 saturated heterocycles. The number of benzene rings is 2. The van der Waals surface area contributed by atoms with Crippen molar-refractivity contribution in [2.75, 3.05) is 7.11 Å². The zero-order chi connectivity index (χ0) is 14.7. The van der Waals surface area contributed by atoms with E-state index in [9.17, 15) is 4.79 Å². The molecule has 0 saturated carbocycles. The van der Waals surface area contributed by atoms with Crippen LogP contribution in [-0.2, 0) is 4.74 Å². The Labute approximate surface area is 126 Å². The highest BCUT2D eigenvalue weighted by Gasteiger charge is 2.09. The van der Waals surface area contributed by atoms with Crippen LogP contribution in [0.3, 0.4) is 0 Å². The zero-order valence-corrected chi connectivity index (χ0v) is 12.1. The van der Waals surface area contributed by atoms with E-state index in [4.69, 9.17) is 0 Å². The first-order valence-electron chi connectivity index (χ1n) is 6.33. The fraction of sp³-hybridized carbons (Fsp3) is 0.0625. The second kappa shape index (κ2) is 5.93. The highest BCUT2D eigenvalue weighted by atomic mass is 32.2. The van der Waals surface area contributed by atoms with Crippen LogP contribution in [-0.4, -0.2) is 23.0 Å². The molecule has 4 nitrogen and oxygen atoms in total. The van der Waals surface area contributed by atoms with Gasteiger partial charge >= 0.3 is 5.97 Å². The molecule has 0 bridgehead atoms. The van der Waals surface area contributed by atoms with Gasteiger partial charge in [-0.1, -0.05) is 42.1 Å². The summed E-state index contributed by atoms with van der Waals surface area (Å²) in [7, 11) is 1.33. The normalized spacial score (nSPS) is 10.5. The number of fused-ring (bicyclic) bond motifs is 1. The van der Waals surface area contributed by atoms with E-state index in [0.29, 0.717) is 5.03 Å². The average Bonchev–Trinajstić information content (AvgIpc) is 2.54. The van der Waals surface area contributed by atoms with Crippen LogP contribution in [0.4, 0.5) is 0 Å². The Balaban J connectivity index is 1.89. The van der Waals surface area contributed by atoms with Crippen LogP contribution in [0.1, 0.15) is 10.5 Å². The molecule has 0 aliphatic heterocycles. The van der Waals surface area contributed by atoms with Crippen LogP contribution in [0.25, 0.3) is 10.8 Å². The van der Waals surface area contributed by atoms with E-state index < -0.39 is 5.97 Å². The molecule has 0 N–H and O–H groups in total. The Hall–Kier alpha value is -2.40. The van der Waals surface area contributed by atoms with Gasteiger partial charge in [0.25, 0.3) is 0 Å². The van der Waals surface area contributed by atoms with Gasteiger partial charge in [-0.3, -0.25) is 4.98 Å². The predicted molar refractivity (Wildman–Crippen MR) is 81.4 cm³/mol. The molecule has 1 aromatic heterocycles. The molecule has 0 atom stereocenters. The predicted octanol–water partition coefficient (Wildman–Crippen LogP) is 3.57. The molecule has 21 heavy (non-hydrogen) atoms. The molecule has 0 aliphatic carbocycles. The van der Waals surface area contributed by atoms with Gasteiger partial charge in [0.1, 0.15) is 5.03 Å². The topological polar surface area (TPSA) is 52.1 Å². The van der Waals surface area contributed by atoms with Gasteiger partial charge in [-0.25, -0.2) is 9.78 Å². The summed E-state index contributed by atoms with van der Waals surface area (Å²) in [6.45, 7) is 0. The van der Waals surface area contributed by atoms with Crippen LogP contribution < -0.4 is 0 Å². The van der Waals surface area contributed by atoms with Gasteiger partial charge in [0.05, 0.1) is 19.5 Å². The van der Waals surface area contributed by atoms with Gasteiger partial charge in [0, 0.05) is 4.90 Å². The van der Waals surface area contributed by atoms with Crippen LogP contribution in [0.2, 0.25) is 0 Å². The van der Waals surface area contributed by atoms with E-state index in [2.05, 4.69) is 39.0 Å². The third kappa shape index (κ3) is 3.03. The minimum Gasteiger partial charge on any atom is -0.464 e. The lowest BCUT2D eigenvalue weighted by Gasteiger charge is -2.04. The van der Waals surface area contributed by atoms with E-state index in [1.54, 1.807) is 6.20 Å². The molecule has 104 valence electrons. The maximum atomic E-state index is 11.5.